The molecular weight excluding hydrogens is 365 g/mol. The molecule has 0 N–H and O–H groups in total. The van der Waals surface area contributed by atoms with Crippen molar-refractivity contribution in [2.24, 2.45) is 0 Å². The monoisotopic (exact) mass is 373 g/mol. The first-order valence-electron chi connectivity index (χ1n) is 6.01. The van der Waals surface area contributed by atoms with Crippen LogP contribution in [0.2, 0.25) is 0 Å². The molecule has 11 heteroatoms. The minimum absolute atomic E-state index is 0.149. The Hall–Kier alpha value is -1.55. The molecule has 23 heavy (non-hydrogen) atoms. The van der Waals surface area contributed by atoms with E-state index in [0.717, 1.165) is 11.0 Å². The number of hydrogen-bond donors (Lipinski definition) is 0. The topological polar surface area (TPSA) is 47.8 Å². The predicted molar refractivity (Wildman–Crippen MR) is 73.0 cm³/mol. The third-order valence-corrected chi connectivity index (χ3v) is 4.33. The Balaban J connectivity index is 2.54. The van der Waals surface area contributed by atoms with Gasteiger partial charge in [-0.3, -0.25) is 0 Å². The summed E-state index contributed by atoms with van der Waals surface area (Å²) in [5, 5.41) is 3.20. The summed E-state index contributed by atoms with van der Waals surface area (Å²) in [6.45, 7) is 3.23. The molecule has 1 unspecified atom stereocenters. The third-order valence-electron chi connectivity index (χ3n) is 3.04. The summed E-state index contributed by atoms with van der Waals surface area (Å²) in [5.74, 6) is -6.84. The van der Waals surface area contributed by atoms with Crippen LogP contribution in [0, 0.1) is 13.8 Å². The molecule has 0 amide bonds. The molecule has 0 aliphatic heterocycles. The second-order valence-electron chi connectivity index (χ2n) is 4.71. The van der Waals surface area contributed by atoms with Crippen molar-refractivity contribution in [2.45, 2.75) is 30.8 Å². The maximum Gasteiger partial charge on any atom is 0.461 e. The Morgan fingerprint density at radius 2 is 1.74 bits per heavy atom. The van der Waals surface area contributed by atoms with Gasteiger partial charge in [-0.2, -0.15) is 22.0 Å². The van der Waals surface area contributed by atoms with Crippen molar-refractivity contribution in [3.8, 4) is 5.69 Å². The summed E-state index contributed by atoms with van der Waals surface area (Å²) in [4.78, 5) is 3.24. The maximum atomic E-state index is 13.2. The summed E-state index contributed by atoms with van der Waals surface area (Å²) >= 11 is 0. The Labute approximate surface area is 134 Å². The van der Waals surface area contributed by atoms with Gasteiger partial charge < -0.3 is 0 Å². The summed E-state index contributed by atoms with van der Waals surface area (Å²) in [6, 6.07) is 2.87. The number of rotatable bonds is 3. The van der Waals surface area contributed by atoms with Crippen molar-refractivity contribution in [1.29, 1.82) is 0 Å². The number of aromatic nitrogens is 3. The second-order valence-corrected chi connectivity index (χ2v) is 6.44. The van der Waals surface area contributed by atoms with Crippen LogP contribution in [0.3, 0.4) is 0 Å². The molecule has 0 spiro atoms. The molecule has 126 valence electrons. The lowest BCUT2D eigenvalue weighted by Crippen LogP contribution is -2.34. The van der Waals surface area contributed by atoms with Crippen molar-refractivity contribution in [2.75, 3.05) is 0 Å². The first-order valence-corrected chi connectivity index (χ1v) is 7.99. The fourth-order valence-electron chi connectivity index (χ4n) is 1.89. The van der Waals surface area contributed by atoms with Crippen molar-refractivity contribution in [1.82, 2.24) is 14.8 Å². The molecule has 0 aliphatic rings. The molecule has 0 saturated carbocycles. The van der Waals surface area contributed by atoms with Crippen LogP contribution in [-0.4, -0.2) is 25.1 Å². The number of alkyl halides is 5. The normalized spacial score (nSPS) is 14.1. The van der Waals surface area contributed by atoms with E-state index in [1.54, 1.807) is 19.9 Å². The number of hydrogen-bond acceptors (Lipinski definition) is 3. The van der Waals surface area contributed by atoms with E-state index in [2.05, 4.69) is 10.1 Å². The van der Waals surface area contributed by atoms with E-state index in [0.29, 0.717) is 11.1 Å². The zero-order chi connectivity index (χ0) is 17.6. The first-order chi connectivity index (χ1) is 10.4. The Bertz CT molecular complexity index is 775. The molecule has 2 aromatic rings. The molecule has 2 rings (SSSR count). The molecule has 1 aromatic carbocycles. The van der Waals surface area contributed by atoms with E-state index in [9.17, 15) is 26.2 Å². The SMILES string of the molecule is Cc1cc(C)c(S(=O)Cl)cc1-n1cnc(C(F)(F)C(F)(F)F)n1. The van der Waals surface area contributed by atoms with Crippen LogP contribution >= 0.6 is 10.7 Å². The second kappa shape index (κ2) is 5.82. The third kappa shape index (κ3) is 3.23. The molecule has 0 fully saturated rings. The van der Waals surface area contributed by atoms with E-state index in [1.807, 2.05) is 0 Å². The van der Waals surface area contributed by atoms with Crippen LogP contribution < -0.4 is 0 Å². The minimum Gasteiger partial charge on any atom is -0.237 e. The summed E-state index contributed by atoms with van der Waals surface area (Å²) in [5.41, 5.74) is 1.25. The highest BCUT2D eigenvalue weighted by atomic mass is 35.7. The van der Waals surface area contributed by atoms with Gasteiger partial charge in [-0.25, -0.2) is 13.9 Å². The fourth-order valence-corrected chi connectivity index (χ4v) is 2.91. The number of nitrogens with zero attached hydrogens (tertiary/aromatic N) is 3. The van der Waals surface area contributed by atoms with Gasteiger partial charge in [0.1, 0.15) is 16.3 Å². The molecule has 1 aromatic heterocycles. The van der Waals surface area contributed by atoms with Gasteiger partial charge in [0.15, 0.2) is 0 Å². The van der Waals surface area contributed by atoms with E-state index in [-0.39, 0.29) is 10.6 Å². The quantitative estimate of drug-likeness (QED) is 0.607. The van der Waals surface area contributed by atoms with Gasteiger partial charge in [0.05, 0.1) is 10.6 Å². The lowest BCUT2D eigenvalue weighted by Gasteiger charge is -2.15. The average molecular weight is 374 g/mol. The Morgan fingerprint density at radius 3 is 2.26 bits per heavy atom. The van der Waals surface area contributed by atoms with E-state index in [4.69, 9.17) is 10.7 Å². The molecule has 1 heterocycles. The van der Waals surface area contributed by atoms with Crippen molar-refractivity contribution in [3.05, 3.63) is 35.4 Å². The van der Waals surface area contributed by atoms with E-state index >= 15 is 0 Å². The van der Waals surface area contributed by atoms with Crippen LogP contribution in [0.5, 0.6) is 0 Å². The van der Waals surface area contributed by atoms with Gasteiger partial charge in [-0.05, 0) is 41.7 Å². The molecule has 4 nitrogen and oxygen atoms in total. The molecule has 0 bridgehead atoms. The summed E-state index contributed by atoms with van der Waals surface area (Å²) in [7, 11) is 3.64. The zero-order valence-electron chi connectivity index (χ0n) is 11.7. The lowest BCUT2D eigenvalue weighted by molar-refractivity contribution is -0.292. The Kier molecular flexibility index (Phi) is 4.51. The largest absolute Gasteiger partial charge is 0.461 e. The van der Waals surface area contributed by atoms with E-state index in [1.165, 1.54) is 6.07 Å². The molecule has 0 radical (unpaired) electrons. The Morgan fingerprint density at radius 1 is 1.13 bits per heavy atom. The standard InChI is InChI=1S/C12H9ClF5N3OS/c1-6-3-7(2)9(23(13)22)4-8(6)21-5-19-10(20-21)11(14,15)12(16,17)18/h3-5H,1-2H3. The van der Waals surface area contributed by atoms with Crippen LogP contribution in [0.1, 0.15) is 17.0 Å². The van der Waals surface area contributed by atoms with Gasteiger partial charge in [0.25, 0.3) is 0 Å². The minimum atomic E-state index is -5.80. The first kappa shape index (κ1) is 17.8. The molecule has 0 aliphatic carbocycles. The molecule has 0 saturated heterocycles. The predicted octanol–water partition coefficient (Wildman–Crippen LogP) is 3.80. The maximum absolute atomic E-state index is 13.2. The molecular formula is C12H9ClF5N3OS. The van der Waals surface area contributed by atoms with Crippen LogP contribution in [-0.2, 0) is 15.9 Å². The van der Waals surface area contributed by atoms with Gasteiger partial charge in [0, 0.05) is 0 Å². The van der Waals surface area contributed by atoms with Gasteiger partial charge >= 0.3 is 12.1 Å². The zero-order valence-corrected chi connectivity index (χ0v) is 13.2. The van der Waals surface area contributed by atoms with Crippen LogP contribution in [0.15, 0.2) is 23.4 Å². The number of halogens is 6. The number of aryl methyl sites for hydroxylation is 2. The van der Waals surface area contributed by atoms with Gasteiger partial charge in [0.2, 0.25) is 5.82 Å². The highest BCUT2D eigenvalue weighted by Crippen LogP contribution is 2.42. The van der Waals surface area contributed by atoms with Crippen LogP contribution in [0.4, 0.5) is 22.0 Å². The van der Waals surface area contributed by atoms with E-state index < -0.39 is 27.9 Å². The lowest BCUT2D eigenvalue weighted by atomic mass is 10.1. The summed E-state index contributed by atoms with van der Waals surface area (Å²) in [6.07, 6.45) is -5.07. The molecule has 1 atom stereocenters. The fraction of sp³-hybridized carbons (Fsp3) is 0.333. The van der Waals surface area contributed by atoms with Gasteiger partial charge in [-0.1, -0.05) is 6.07 Å². The number of benzene rings is 1. The highest BCUT2D eigenvalue weighted by Gasteiger charge is 2.61. The van der Waals surface area contributed by atoms with Crippen LogP contribution in [0.25, 0.3) is 5.69 Å². The van der Waals surface area contributed by atoms with Crippen molar-refractivity contribution >= 4 is 20.7 Å². The summed E-state index contributed by atoms with van der Waals surface area (Å²) < 4.78 is 75.7. The van der Waals surface area contributed by atoms with Crippen molar-refractivity contribution < 1.29 is 26.2 Å². The van der Waals surface area contributed by atoms with Gasteiger partial charge in [-0.15, -0.1) is 5.10 Å². The van der Waals surface area contributed by atoms with Crippen molar-refractivity contribution in [3.63, 3.8) is 0 Å². The highest BCUT2D eigenvalue weighted by molar-refractivity contribution is 8.08. The average Bonchev–Trinajstić information content (AvgIpc) is 2.86. The smallest absolute Gasteiger partial charge is 0.237 e.